The Morgan fingerprint density at radius 2 is 1.93 bits per heavy atom. The van der Waals surface area contributed by atoms with Crippen molar-refractivity contribution >= 4 is 34.2 Å². The SMILES string of the molecule is Cc1cc2c(Cl)nc(Cl)nc2n1C(C)C. The molecule has 0 aromatic carbocycles. The van der Waals surface area contributed by atoms with Gasteiger partial charge in [-0.15, -0.1) is 0 Å². The van der Waals surface area contributed by atoms with E-state index in [0.717, 1.165) is 16.7 Å². The largest absolute Gasteiger partial charge is 0.327 e. The van der Waals surface area contributed by atoms with E-state index in [1.165, 1.54) is 0 Å². The van der Waals surface area contributed by atoms with Crippen LogP contribution in [0.3, 0.4) is 0 Å². The molecule has 2 heterocycles. The first-order valence-corrected chi connectivity index (χ1v) is 5.47. The summed E-state index contributed by atoms with van der Waals surface area (Å²) in [5, 5.41) is 1.45. The van der Waals surface area contributed by atoms with Gasteiger partial charge in [-0.25, -0.2) is 4.98 Å². The Balaban J connectivity index is 2.86. The number of nitrogens with zero attached hydrogens (tertiary/aromatic N) is 3. The molecule has 15 heavy (non-hydrogen) atoms. The summed E-state index contributed by atoms with van der Waals surface area (Å²) in [5.74, 6) is 0. The highest BCUT2D eigenvalue weighted by molar-refractivity contribution is 6.35. The van der Waals surface area contributed by atoms with Gasteiger partial charge in [0, 0.05) is 11.7 Å². The highest BCUT2D eigenvalue weighted by Gasteiger charge is 2.13. The second kappa shape index (κ2) is 3.65. The number of fused-ring (bicyclic) bond motifs is 1. The van der Waals surface area contributed by atoms with Crippen LogP contribution in [-0.4, -0.2) is 14.5 Å². The first-order chi connectivity index (χ1) is 7.00. The van der Waals surface area contributed by atoms with E-state index in [1.54, 1.807) is 0 Å². The third-order valence-corrected chi connectivity index (χ3v) is 2.79. The van der Waals surface area contributed by atoms with Crippen LogP contribution < -0.4 is 0 Å². The van der Waals surface area contributed by atoms with E-state index >= 15 is 0 Å². The third kappa shape index (κ3) is 1.70. The second-order valence-corrected chi connectivity index (χ2v) is 4.47. The van der Waals surface area contributed by atoms with Gasteiger partial charge in [-0.3, -0.25) is 0 Å². The quantitative estimate of drug-likeness (QED) is 0.566. The van der Waals surface area contributed by atoms with Gasteiger partial charge in [-0.2, -0.15) is 4.98 Å². The molecule has 0 spiro atoms. The van der Waals surface area contributed by atoms with Gasteiger partial charge in [0.25, 0.3) is 0 Å². The van der Waals surface area contributed by atoms with Gasteiger partial charge < -0.3 is 4.57 Å². The van der Waals surface area contributed by atoms with E-state index < -0.39 is 0 Å². The number of halogens is 2. The van der Waals surface area contributed by atoms with Crippen LogP contribution in [0.1, 0.15) is 25.6 Å². The molecule has 0 aliphatic heterocycles. The lowest BCUT2D eigenvalue weighted by Crippen LogP contribution is -2.03. The van der Waals surface area contributed by atoms with Gasteiger partial charge >= 0.3 is 0 Å². The monoisotopic (exact) mass is 243 g/mol. The first kappa shape index (κ1) is 10.7. The van der Waals surface area contributed by atoms with Crippen molar-refractivity contribution in [3.8, 4) is 0 Å². The molecule has 0 saturated heterocycles. The zero-order valence-corrected chi connectivity index (χ0v) is 10.3. The maximum absolute atomic E-state index is 6.00. The molecule has 0 saturated carbocycles. The maximum atomic E-state index is 6.00. The number of aryl methyl sites for hydroxylation is 1. The average Bonchev–Trinajstić information content (AvgIpc) is 2.41. The highest BCUT2D eigenvalue weighted by Crippen LogP contribution is 2.27. The van der Waals surface area contributed by atoms with Gasteiger partial charge in [0.1, 0.15) is 10.8 Å². The minimum atomic E-state index is 0.188. The van der Waals surface area contributed by atoms with Crippen LogP contribution in [0.15, 0.2) is 6.07 Å². The van der Waals surface area contributed by atoms with Gasteiger partial charge in [0.15, 0.2) is 0 Å². The molecule has 0 aliphatic carbocycles. The van der Waals surface area contributed by atoms with Crippen LogP contribution in [0, 0.1) is 6.92 Å². The Morgan fingerprint density at radius 3 is 2.53 bits per heavy atom. The van der Waals surface area contributed by atoms with Crippen LogP contribution in [0.2, 0.25) is 10.4 Å². The van der Waals surface area contributed by atoms with Crippen molar-refractivity contribution < 1.29 is 0 Å². The molecular formula is C10H11Cl2N3. The van der Waals surface area contributed by atoms with E-state index in [4.69, 9.17) is 23.2 Å². The summed E-state index contributed by atoms with van der Waals surface area (Å²) >= 11 is 11.8. The van der Waals surface area contributed by atoms with Crippen LogP contribution in [0.25, 0.3) is 11.0 Å². The molecule has 2 rings (SSSR count). The Bertz CT molecular complexity index is 517. The normalized spacial score (nSPS) is 11.6. The van der Waals surface area contributed by atoms with Crippen molar-refractivity contribution in [2.45, 2.75) is 26.8 Å². The van der Waals surface area contributed by atoms with E-state index in [9.17, 15) is 0 Å². The molecule has 0 radical (unpaired) electrons. The molecule has 3 nitrogen and oxygen atoms in total. The average molecular weight is 244 g/mol. The molecule has 0 atom stereocenters. The first-order valence-electron chi connectivity index (χ1n) is 4.71. The van der Waals surface area contributed by atoms with Crippen molar-refractivity contribution in [2.24, 2.45) is 0 Å². The molecule has 80 valence electrons. The van der Waals surface area contributed by atoms with Gasteiger partial charge in [-0.1, -0.05) is 11.6 Å². The van der Waals surface area contributed by atoms with E-state index in [-0.39, 0.29) is 5.28 Å². The molecule has 0 N–H and O–H groups in total. The third-order valence-electron chi connectivity index (χ3n) is 2.33. The smallest absolute Gasteiger partial charge is 0.225 e. The second-order valence-electron chi connectivity index (χ2n) is 3.77. The van der Waals surface area contributed by atoms with Crippen LogP contribution >= 0.6 is 23.2 Å². The molecule has 0 fully saturated rings. The molecule has 2 aromatic rings. The summed E-state index contributed by atoms with van der Waals surface area (Å²) in [6.07, 6.45) is 0. The zero-order valence-electron chi connectivity index (χ0n) is 8.75. The summed E-state index contributed by atoms with van der Waals surface area (Å²) in [6.45, 7) is 6.21. The Hall–Kier alpha value is -0.800. The molecule has 5 heteroatoms. The fourth-order valence-electron chi connectivity index (χ4n) is 1.81. The summed E-state index contributed by atoms with van der Waals surface area (Å²) in [4.78, 5) is 8.13. The van der Waals surface area contributed by atoms with Gasteiger partial charge in [-0.05, 0) is 38.4 Å². The van der Waals surface area contributed by atoms with Crippen molar-refractivity contribution in [1.82, 2.24) is 14.5 Å². The highest BCUT2D eigenvalue weighted by atomic mass is 35.5. The minimum Gasteiger partial charge on any atom is -0.327 e. The fourth-order valence-corrected chi connectivity index (χ4v) is 2.24. The summed E-state index contributed by atoms with van der Waals surface area (Å²) < 4.78 is 2.09. The molecule has 0 amide bonds. The Morgan fingerprint density at radius 1 is 1.27 bits per heavy atom. The summed E-state index contributed by atoms with van der Waals surface area (Å²) in [7, 11) is 0. The summed E-state index contributed by atoms with van der Waals surface area (Å²) in [6, 6.07) is 2.30. The van der Waals surface area contributed by atoms with Crippen molar-refractivity contribution in [1.29, 1.82) is 0 Å². The lowest BCUT2D eigenvalue weighted by molar-refractivity contribution is 0.603. The number of hydrogen-bond donors (Lipinski definition) is 0. The summed E-state index contributed by atoms with van der Waals surface area (Å²) in [5.41, 5.74) is 1.91. The number of rotatable bonds is 1. The van der Waals surface area contributed by atoms with E-state index in [1.807, 2.05) is 13.0 Å². The van der Waals surface area contributed by atoms with Crippen molar-refractivity contribution in [3.63, 3.8) is 0 Å². The van der Waals surface area contributed by atoms with Crippen LogP contribution in [-0.2, 0) is 0 Å². The predicted octanol–water partition coefficient (Wildman–Crippen LogP) is 3.63. The topological polar surface area (TPSA) is 30.7 Å². The van der Waals surface area contributed by atoms with E-state index in [0.29, 0.717) is 11.2 Å². The standard InChI is InChI=1S/C10H11Cl2N3/c1-5(2)15-6(3)4-7-8(11)13-10(12)14-9(7)15/h4-5H,1-3H3. The Kier molecular flexibility index (Phi) is 2.61. The molecular weight excluding hydrogens is 233 g/mol. The van der Waals surface area contributed by atoms with Crippen LogP contribution in [0.5, 0.6) is 0 Å². The Labute approximate surface area is 98.0 Å². The molecule has 0 bridgehead atoms. The van der Waals surface area contributed by atoms with Crippen LogP contribution in [0.4, 0.5) is 0 Å². The fraction of sp³-hybridized carbons (Fsp3) is 0.400. The lowest BCUT2D eigenvalue weighted by Gasteiger charge is -2.11. The van der Waals surface area contributed by atoms with Crippen molar-refractivity contribution in [3.05, 3.63) is 22.2 Å². The minimum absolute atomic E-state index is 0.188. The zero-order chi connectivity index (χ0) is 11.2. The van der Waals surface area contributed by atoms with Crippen molar-refractivity contribution in [2.75, 3.05) is 0 Å². The lowest BCUT2D eigenvalue weighted by atomic mass is 10.3. The molecule has 0 aliphatic rings. The number of aromatic nitrogens is 3. The molecule has 0 unspecified atom stereocenters. The van der Waals surface area contributed by atoms with Gasteiger partial charge in [0.05, 0.1) is 5.39 Å². The number of hydrogen-bond acceptors (Lipinski definition) is 2. The van der Waals surface area contributed by atoms with Gasteiger partial charge in [0.2, 0.25) is 5.28 Å². The molecule has 2 aromatic heterocycles. The maximum Gasteiger partial charge on any atom is 0.225 e. The predicted molar refractivity (Wildman–Crippen MR) is 62.7 cm³/mol. The van der Waals surface area contributed by atoms with E-state index in [2.05, 4.69) is 28.4 Å².